The van der Waals surface area contributed by atoms with Crippen molar-refractivity contribution in [3.8, 4) is 11.5 Å². The Morgan fingerprint density at radius 1 is 1.08 bits per heavy atom. The Labute approximate surface area is 219 Å². The molecule has 2 aromatic carbocycles. The van der Waals surface area contributed by atoms with E-state index >= 15 is 0 Å². The number of likely N-dealkylation sites (tertiary alicyclic amines) is 1. The summed E-state index contributed by atoms with van der Waals surface area (Å²) in [7, 11) is 3.90. The molecule has 4 aliphatic rings. The van der Waals surface area contributed by atoms with Crippen LogP contribution in [0.25, 0.3) is 0 Å². The van der Waals surface area contributed by atoms with Gasteiger partial charge in [0.15, 0.2) is 17.6 Å². The molecule has 196 valence electrons. The smallest absolute Gasteiger partial charge is 0.493 e. The lowest BCUT2D eigenvalue weighted by molar-refractivity contribution is -0.0634. The highest BCUT2D eigenvalue weighted by Gasteiger charge is 2.65. The molecule has 0 saturated carbocycles. The average molecular weight is 504 g/mol. The zero-order valence-corrected chi connectivity index (χ0v) is 21.9. The quantitative estimate of drug-likeness (QED) is 0.257. The SMILES string of the molecule is COc1ccc2c3c1OC1C(OC(=O)OCCCCCCc4ccccc4)C=CC4C(C2)N(C)CCC341. The molecule has 2 aliphatic carbocycles. The van der Waals surface area contributed by atoms with Gasteiger partial charge in [-0.05, 0) is 69.0 Å². The van der Waals surface area contributed by atoms with Crippen LogP contribution in [0.1, 0.15) is 48.8 Å². The lowest BCUT2D eigenvalue weighted by atomic mass is 9.53. The maximum atomic E-state index is 12.7. The topological polar surface area (TPSA) is 57.2 Å². The molecule has 1 saturated heterocycles. The van der Waals surface area contributed by atoms with Crippen molar-refractivity contribution in [2.75, 3.05) is 27.3 Å². The molecule has 0 aromatic heterocycles. The Bertz CT molecular complexity index is 1160. The van der Waals surface area contributed by atoms with Crippen LogP contribution in [-0.2, 0) is 27.7 Å². The second kappa shape index (κ2) is 10.1. The largest absolute Gasteiger partial charge is 0.508 e. The molecule has 1 spiro atoms. The predicted octanol–water partition coefficient (Wildman–Crippen LogP) is 5.47. The molecule has 6 rings (SSSR count). The summed E-state index contributed by atoms with van der Waals surface area (Å²) in [5.41, 5.74) is 3.77. The van der Waals surface area contributed by atoms with Crippen molar-refractivity contribution in [2.45, 2.75) is 68.6 Å². The third-order valence-electron chi connectivity index (χ3n) is 8.99. The van der Waals surface area contributed by atoms with Gasteiger partial charge in [0.2, 0.25) is 0 Å². The average Bonchev–Trinajstić information content (AvgIpc) is 3.27. The van der Waals surface area contributed by atoms with Gasteiger partial charge in [-0.15, -0.1) is 0 Å². The van der Waals surface area contributed by atoms with Gasteiger partial charge in [-0.2, -0.15) is 0 Å². The number of aryl methyl sites for hydroxylation is 1. The summed E-state index contributed by atoms with van der Waals surface area (Å²) >= 11 is 0. The van der Waals surface area contributed by atoms with Crippen molar-refractivity contribution in [3.05, 3.63) is 71.3 Å². The molecule has 37 heavy (non-hydrogen) atoms. The number of carbonyl (C=O) groups excluding carboxylic acids is 1. The van der Waals surface area contributed by atoms with Crippen LogP contribution in [-0.4, -0.2) is 56.6 Å². The van der Waals surface area contributed by atoms with Crippen molar-refractivity contribution < 1.29 is 23.7 Å². The van der Waals surface area contributed by atoms with Gasteiger partial charge in [0.05, 0.1) is 13.7 Å². The van der Waals surface area contributed by atoms with E-state index in [1.54, 1.807) is 7.11 Å². The van der Waals surface area contributed by atoms with E-state index in [0.717, 1.165) is 63.0 Å². The third-order valence-corrected chi connectivity index (χ3v) is 8.99. The van der Waals surface area contributed by atoms with E-state index in [-0.39, 0.29) is 11.5 Å². The maximum Gasteiger partial charge on any atom is 0.508 e. The molecule has 0 radical (unpaired) electrons. The molecule has 5 atom stereocenters. The van der Waals surface area contributed by atoms with Gasteiger partial charge in [-0.1, -0.05) is 55.3 Å². The molecule has 5 unspecified atom stereocenters. The number of carbonyl (C=O) groups is 1. The van der Waals surface area contributed by atoms with Gasteiger partial charge in [0, 0.05) is 22.9 Å². The molecule has 1 fully saturated rings. The first-order valence-corrected chi connectivity index (χ1v) is 13.7. The van der Waals surface area contributed by atoms with Crippen molar-refractivity contribution in [2.24, 2.45) is 5.92 Å². The second-order valence-corrected chi connectivity index (χ2v) is 11.0. The first-order valence-electron chi connectivity index (χ1n) is 13.7. The standard InChI is InChI=1S/C31H37NO5/c1-32-18-17-31-23-14-16-26(29(31)37-28-25(34-2)15-13-22(27(28)31)20-24(23)32)36-30(33)35-19-9-4-3-6-10-21-11-7-5-8-12-21/h5,7-8,11-16,23-24,26,29H,3-4,6,9-10,17-20H2,1-2H3. The monoisotopic (exact) mass is 503 g/mol. The summed E-state index contributed by atoms with van der Waals surface area (Å²) in [6.45, 7) is 1.37. The number of methoxy groups -OCH3 is 1. The molecular weight excluding hydrogens is 466 g/mol. The van der Waals surface area contributed by atoms with Crippen molar-refractivity contribution in [1.29, 1.82) is 0 Å². The normalized spacial score (nSPS) is 28.8. The lowest BCUT2D eigenvalue weighted by Gasteiger charge is -2.56. The van der Waals surface area contributed by atoms with Crippen LogP contribution in [0.15, 0.2) is 54.6 Å². The highest BCUT2D eigenvalue weighted by atomic mass is 16.7. The summed E-state index contributed by atoms with van der Waals surface area (Å²) in [6.07, 6.45) is 10.1. The van der Waals surface area contributed by atoms with Crippen LogP contribution in [0.3, 0.4) is 0 Å². The van der Waals surface area contributed by atoms with Gasteiger partial charge in [0.1, 0.15) is 6.10 Å². The number of unbranched alkanes of at least 4 members (excludes halogenated alkanes) is 3. The van der Waals surface area contributed by atoms with Crippen molar-refractivity contribution in [1.82, 2.24) is 4.90 Å². The number of nitrogens with zero attached hydrogens (tertiary/aromatic N) is 1. The highest BCUT2D eigenvalue weighted by molar-refractivity contribution is 5.64. The van der Waals surface area contributed by atoms with Gasteiger partial charge in [0.25, 0.3) is 0 Å². The van der Waals surface area contributed by atoms with Gasteiger partial charge in [-0.3, -0.25) is 0 Å². The van der Waals surface area contributed by atoms with Crippen LogP contribution in [0, 0.1) is 5.92 Å². The Balaban J connectivity index is 1.07. The minimum absolute atomic E-state index is 0.201. The van der Waals surface area contributed by atoms with Crippen molar-refractivity contribution in [3.63, 3.8) is 0 Å². The Hall–Kier alpha value is -2.99. The molecule has 2 heterocycles. The predicted molar refractivity (Wildman–Crippen MR) is 141 cm³/mol. The van der Waals surface area contributed by atoms with Crippen molar-refractivity contribution >= 4 is 6.16 Å². The molecule has 2 bridgehead atoms. The first-order chi connectivity index (χ1) is 18.1. The number of likely N-dealkylation sites (N-methyl/N-ethyl adjacent to an activating group) is 1. The molecular formula is C31H37NO5. The zero-order valence-electron chi connectivity index (χ0n) is 21.9. The minimum atomic E-state index is -0.610. The fourth-order valence-corrected chi connectivity index (χ4v) is 7.20. The van der Waals surface area contributed by atoms with Gasteiger partial charge in [-0.25, -0.2) is 4.79 Å². The van der Waals surface area contributed by atoms with Crippen LogP contribution in [0.5, 0.6) is 11.5 Å². The fraction of sp³-hybridized carbons (Fsp3) is 0.516. The summed E-state index contributed by atoms with van der Waals surface area (Å²) in [5, 5.41) is 0. The van der Waals surface area contributed by atoms with E-state index in [4.69, 9.17) is 18.9 Å². The number of piperidine rings is 1. The maximum absolute atomic E-state index is 12.7. The number of rotatable bonds is 9. The second-order valence-electron chi connectivity index (χ2n) is 11.0. The lowest BCUT2D eigenvalue weighted by Crippen LogP contribution is -2.65. The molecule has 0 amide bonds. The van der Waals surface area contributed by atoms with E-state index in [0.29, 0.717) is 18.6 Å². The molecule has 6 heteroatoms. The first kappa shape index (κ1) is 24.4. The number of ether oxygens (including phenoxy) is 4. The Kier molecular flexibility index (Phi) is 6.62. The summed E-state index contributed by atoms with van der Waals surface area (Å²) in [5.74, 6) is 1.91. The minimum Gasteiger partial charge on any atom is -0.493 e. The van der Waals surface area contributed by atoms with Crippen LogP contribution >= 0.6 is 0 Å². The van der Waals surface area contributed by atoms with Gasteiger partial charge >= 0.3 is 6.16 Å². The van der Waals surface area contributed by atoms with Crippen LogP contribution in [0.4, 0.5) is 4.79 Å². The molecule has 6 nitrogen and oxygen atoms in total. The summed E-state index contributed by atoms with van der Waals surface area (Å²) < 4.78 is 23.7. The molecule has 2 aromatic rings. The van der Waals surface area contributed by atoms with E-state index in [9.17, 15) is 4.79 Å². The Morgan fingerprint density at radius 2 is 1.92 bits per heavy atom. The number of hydrogen-bond acceptors (Lipinski definition) is 6. The highest BCUT2D eigenvalue weighted by Crippen LogP contribution is 2.62. The van der Waals surface area contributed by atoms with Crippen LogP contribution in [0.2, 0.25) is 0 Å². The van der Waals surface area contributed by atoms with E-state index in [2.05, 4.69) is 48.4 Å². The number of benzene rings is 2. The fourth-order valence-electron chi connectivity index (χ4n) is 7.20. The van der Waals surface area contributed by atoms with E-state index in [1.165, 1.54) is 16.7 Å². The molecule has 0 N–H and O–H groups in total. The Morgan fingerprint density at radius 3 is 2.76 bits per heavy atom. The molecule has 2 aliphatic heterocycles. The number of hydrogen-bond donors (Lipinski definition) is 0. The third kappa shape index (κ3) is 4.19. The zero-order chi connectivity index (χ0) is 25.4. The van der Waals surface area contributed by atoms with E-state index < -0.39 is 12.3 Å². The van der Waals surface area contributed by atoms with Gasteiger partial charge < -0.3 is 23.8 Å². The summed E-state index contributed by atoms with van der Waals surface area (Å²) in [6, 6.07) is 15.2. The van der Waals surface area contributed by atoms with E-state index in [1.807, 2.05) is 18.2 Å². The summed E-state index contributed by atoms with van der Waals surface area (Å²) in [4.78, 5) is 15.2. The van der Waals surface area contributed by atoms with Crippen LogP contribution < -0.4 is 9.47 Å².